The number of hydrogen-bond acceptors (Lipinski definition) is 3. The predicted molar refractivity (Wildman–Crippen MR) is 67.7 cm³/mol. The zero-order valence-corrected chi connectivity index (χ0v) is 10.9. The molecule has 0 saturated heterocycles. The minimum absolute atomic E-state index is 0.173. The second-order valence-electron chi connectivity index (χ2n) is 3.55. The molecule has 0 bridgehead atoms. The average Bonchev–Trinajstić information content (AvgIpc) is 2.83. The first-order valence-electron chi connectivity index (χ1n) is 5.07. The van der Waals surface area contributed by atoms with Crippen molar-refractivity contribution in [3.8, 4) is 0 Å². The molecular weight excluding hydrogens is 321 g/mol. The van der Waals surface area contributed by atoms with Crippen LogP contribution in [0.25, 0.3) is 0 Å². The first-order valence-corrected chi connectivity index (χ1v) is 5.86. The molecule has 2 aromatic rings. The molecule has 98 valence electrons. The predicted octanol–water partition coefficient (Wildman–Crippen LogP) is 3.13. The van der Waals surface area contributed by atoms with Crippen molar-refractivity contribution in [3.05, 3.63) is 52.1 Å². The Morgan fingerprint density at radius 3 is 2.53 bits per heavy atom. The van der Waals surface area contributed by atoms with Crippen molar-refractivity contribution in [2.75, 3.05) is 5.32 Å². The molecule has 7 heteroatoms. The number of anilines is 1. The summed E-state index contributed by atoms with van der Waals surface area (Å²) in [5.74, 6) is -2.97. The highest BCUT2D eigenvalue weighted by atomic mass is 79.9. The van der Waals surface area contributed by atoms with Crippen LogP contribution in [0.1, 0.15) is 21.1 Å². The van der Waals surface area contributed by atoms with Crippen LogP contribution in [0.2, 0.25) is 0 Å². The molecule has 1 aromatic heterocycles. The Hall–Kier alpha value is -2.15. The SMILES string of the molecule is O=C(O)c1ccc(C(=O)Nc2cc(F)ccc2Br)o1. The van der Waals surface area contributed by atoms with Gasteiger partial charge in [-0.05, 0) is 46.3 Å². The Balaban J connectivity index is 2.20. The molecule has 1 aromatic carbocycles. The summed E-state index contributed by atoms with van der Waals surface area (Å²) in [4.78, 5) is 22.4. The number of carboxylic acids is 1. The Morgan fingerprint density at radius 1 is 1.21 bits per heavy atom. The lowest BCUT2D eigenvalue weighted by Crippen LogP contribution is -2.11. The van der Waals surface area contributed by atoms with Gasteiger partial charge in [0.25, 0.3) is 5.91 Å². The number of carbonyl (C=O) groups is 2. The molecule has 0 aliphatic heterocycles. The van der Waals surface area contributed by atoms with Crippen molar-refractivity contribution in [1.29, 1.82) is 0 Å². The van der Waals surface area contributed by atoms with Crippen LogP contribution in [-0.4, -0.2) is 17.0 Å². The van der Waals surface area contributed by atoms with Gasteiger partial charge in [-0.2, -0.15) is 0 Å². The Bertz CT molecular complexity index is 653. The van der Waals surface area contributed by atoms with Crippen molar-refractivity contribution >= 4 is 33.5 Å². The van der Waals surface area contributed by atoms with E-state index in [1.807, 2.05) is 0 Å². The van der Waals surface area contributed by atoms with Crippen LogP contribution in [0.3, 0.4) is 0 Å². The highest BCUT2D eigenvalue weighted by Gasteiger charge is 2.16. The van der Waals surface area contributed by atoms with E-state index >= 15 is 0 Å². The fourth-order valence-electron chi connectivity index (χ4n) is 1.35. The summed E-state index contributed by atoms with van der Waals surface area (Å²) in [6.07, 6.45) is 0. The summed E-state index contributed by atoms with van der Waals surface area (Å²) in [6.45, 7) is 0. The molecule has 1 amide bonds. The molecule has 1 heterocycles. The lowest BCUT2D eigenvalue weighted by molar-refractivity contribution is 0.0660. The lowest BCUT2D eigenvalue weighted by Gasteiger charge is -2.05. The number of nitrogens with one attached hydrogen (secondary N) is 1. The van der Waals surface area contributed by atoms with E-state index in [4.69, 9.17) is 9.52 Å². The molecular formula is C12H7BrFNO4. The first-order chi connectivity index (χ1) is 8.97. The minimum Gasteiger partial charge on any atom is -0.475 e. The number of amides is 1. The van der Waals surface area contributed by atoms with E-state index < -0.39 is 17.7 Å². The second-order valence-corrected chi connectivity index (χ2v) is 4.40. The van der Waals surface area contributed by atoms with Crippen LogP contribution in [0.4, 0.5) is 10.1 Å². The van der Waals surface area contributed by atoms with Crippen LogP contribution in [-0.2, 0) is 0 Å². The molecule has 0 radical (unpaired) electrons. The van der Waals surface area contributed by atoms with Gasteiger partial charge in [0.1, 0.15) is 5.82 Å². The smallest absolute Gasteiger partial charge is 0.371 e. The van der Waals surface area contributed by atoms with E-state index in [-0.39, 0.29) is 17.2 Å². The van der Waals surface area contributed by atoms with Crippen molar-refractivity contribution < 1.29 is 23.5 Å². The number of hydrogen-bond donors (Lipinski definition) is 2. The Labute approximate surface area is 115 Å². The van der Waals surface area contributed by atoms with Gasteiger partial charge in [-0.25, -0.2) is 9.18 Å². The number of rotatable bonds is 3. The van der Waals surface area contributed by atoms with Gasteiger partial charge in [0.2, 0.25) is 5.76 Å². The summed E-state index contributed by atoms with van der Waals surface area (Å²) in [5.41, 5.74) is 0.221. The molecule has 0 fully saturated rings. The molecule has 2 rings (SSSR count). The number of aromatic carboxylic acids is 1. The number of halogens is 2. The van der Waals surface area contributed by atoms with E-state index in [1.165, 1.54) is 18.2 Å². The number of furan rings is 1. The quantitative estimate of drug-likeness (QED) is 0.907. The van der Waals surface area contributed by atoms with Crippen LogP contribution < -0.4 is 5.32 Å². The third-order valence-electron chi connectivity index (χ3n) is 2.22. The van der Waals surface area contributed by atoms with Crippen molar-refractivity contribution in [2.45, 2.75) is 0 Å². The third-order valence-corrected chi connectivity index (χ3v) is 2.91. The molecule has 0 aliphatic rings. The molecule has 5 nitrogen and oxygen atoms in total. The van der Waals surface area contributed by atoms with E-state index in [0.717, 1.165) is 12.1 Å². The van der Waals surface area contributed by atoms with E-state index in [9.17, 15) is 14.0 Å². The van der Waals surface area contributed by atoms with Crippen molar-refractivity contribution in [2.24, 2.45) is 0 Å². The average molecular weight is 328 g/mol. The zero-order valence-electron chi connectivity index (χ0n) is 9.31. The highest BCUT2D eigenvalue weighted by Crippen LogP contribution is 2.23. The fraction of sp³-hybridized carbons (Fsp3) is 0. The van der Waals surface area contributed by atoms with Crippen molar-refractivity contribution in [3.63, 3.8) is 0 Å². The Kier molecular flexibility index (Phi) is 3.66. The maximum absolute atomic E-state index is 13.0. The number of carbonyl (C=O) groups excluding carboxylic acids is 1. The van der Waals surface area contributed by atoms with E-state index in [0.29, 0.717) is 4.47 Å². The summed E-state index contributed by atoms with van der Waals surface area (Å²) in [5, 5.41) is 11.1. The maximum atomic E-state index is 13.0. The van der Waals surface area contributed by atoms with Gasteiger partial charge in [0.05, 0.1) is 5.69 Å². The third kappa shape index (κ3) is 3.00. The van der Waals surface area contributed by atoms with E-state index in [1.54, 1.807) is 0 Å². The number of benzene rings is 1. The van der Waals surface area contributed by atoms with Crippen LogP contribution in [0.5, 0.6) is 0 Å². The molecule has 0 spiro atoms. The molecule has 0 aliphatic carbocycles. The largest absolute Gasteiger partial charge is 0.475 e. The lowest BCUT2D eigenvalue weighted by atomic mass is 10.3. The molecule has 2 N–H and O–H groups in total. The maximum Gasteiger partial charge on any atom is 0.371 e. The van der Waals surface area contributed by atoms with Gasteiger partial charge in [0.15, 0.2) is 5.76 Å². The number of carboxylic acid groups (broad SMARTS) is 1. The van der Waals surface area contributed by atoms with Crippen molar-refractivity contribution in [1.82, 2.24) is 0 Å². The topological polar surface area (TPSA) is 79.5 Å². The van der Waals surface area contributed by atoms with Gasteiger partial charge < -0.3 is 14.8 Å². The normalized spacial score (nSPS) is 10.2. The molecule has 0 saturated carbocycles. The highest BCUT2D eigenvalue weighted by molar-refractivity contribution is 9.10. The summed E-state index contributed by atoms with van der Waals surface area (Å²) >= 11 is 3.15. The van der Waals surface area contributed by atoms with Gasteiger partial charge in [0, 0.05) is 4.47 Å². The minimum atomic E-state index is -1.27. The van der Waals surface area contributed by atoms with Gasteiger partial charge in [-0.3, -0.25) is 4.79 Å². The van der Waals surface area contributed by atoms with Gasteiger partial charge in [-0.15, -0.1) is 0 Å². The Morgan fingerprint density at radius 2 is 1.89 bits per heavy atom. The summed E-state index contributed by atoms with van der Waals surface area (Å²) in [6, 6.07) is 6.19. The van der Waals surface area contributed by atoms with Crippen LogP contribution in [0, 0.1) is 5.82 Å². The fourth-order valence-corrected chi connectivity index (χ4v) is 1.70. The summed E-state index contributed by atoms with van der Waals surface area (Å²) < 4.78 is 18.4. The van der Waals surface area contributed by atoms with Gasteiger partial charge in [-0.1, -0.05) is 0 Å². The molecule has 19 heavy (non-hydrogen) atoms. The second kappa shape index (κ2) is 5.23. The van der Waals surface area contributed by atoms with Crippen LogP contribution >= 0.6 is 15.9 Å². The zero-order chi connectivity index (χ0) is 14.0. The summed E-state index contributed by atoms with van der Waals surface area (Å²) in [7, 11) is 0. The molecule has 0 unspecified atom stereocenters. The standard InChI is InChI=1S/C12H7BrFNO4/c13-7-2-1-6(14)5-8(7)15-11(16)9-3-4-10(19-9)12(17)18/h1-5H,(H,15,16)(H,17,18). The van der Waals surface area contributed by atoms with E-state index in [2.05, 4.69) is 21.2 Å². The monoisotopic (exact) mass is 327 g/mol. The first kappa shape index (κ1) is 13.3. The van der Waals surface area contributed by atoms with Gasteiger partial charge >= 0.3 is 5.97 Å². The molecule has 0 atom stereocenters. The van der Waals surface area contributed by atoms with Crippen LogP contribution in [0.15, 0.2) is 39.2 Å².